The van der Waals surface area contributed by atoms with Crippen LogP contribution in [0.2, 0.25) is 0 Å². The molecule has 9 nitrogen and oxygen atoms in total. The molecular weight excluding hydrogens is 334 g/mol. The normalized spacial score (nSPS) is 15.5. The first-order valence-electron chi connectivity index (χ1n) is 8.45. The second-order valence-electron chi connectivity index (χ2n) is 6.45. The SMILES string of the molecule is CN1CCN(c2ncnc3c2cnn3Cc2ccc([N+](=O)[O-])cc2)CC1. The summed E-state index contributed by atoms with van der Waals surface area (Å²) in [5.74, 6) is 0.915. The Morgan fingerprint density at radius 1 is 1.12 bits per heavy atom. The molecule has 0 bridgehead atoms. The highest BCUT2D eigenvalue weighted by Crippen LogP contribution is 2.24. The molecule has 0 aliphatic carbocycles. The van der Waals surface area contributed by atoms with Crippen molar-refractivity contribution >= 4 is 22.5 Å². The summed E-state index contributed by atoms with van der Waals surface area (Å²) in [5, 5.41) is 16.2. The van der Waals surface area contributed by atoms with Crippen LogP contribution in [0.25, 0.3) is 11.0 Å². The third-order valence-corrected chi connectivity index (χ3v) is 4.69. The molecule has 1 aliphatic heterocycles. The van der Waals surface area contributed by atoms with Crippen molar-refractivity contribution in [2.24, 2.45) is 0 Å². The van der Waals surface area contributed by atoms with Gasteiger partial charge in [0, 0.05) is 38.3 Å². The molecule has 3 heterocycles. The van der Waals surface area contributed by atoms with Crippen molar-refractivity contribution in [2.45, 2.75) is 6.54 Å². The summed E-state index contributed by atoms with van der Waals surface area (Å²) in [6.07, 6.45) is 3.37. The third-order valence-electron chi connectivity index (χ3n) is 4.69. The Morgan fingerprint density at radius 3 is 2.54 bits per heavy atom. The second kappa shape index (κ2) is 6.68. The lowest BCUT2D eigenvalue weighted by molar-refractivity contribution is -0.384. The van der Waals surface area contributed by atoms with Gasteiger partial charge in [-0.25, -0.2) is 14.6 Å². The van der Waals surface area contributed by atoms with Gasteiger partial charge in [-0.15, -0.1) is 0 Å². The van der Waals surface area contributed by atoms with E-state index in [0.29, 0.717) is 6.54 Å². The van der Waals surface area contributed by atoms with Gasteiger partial charge in [-0.05, 0) is 12.6 Å². The van der Waals surface area contributed by atoms with Gasteiger partial charge < -0.3 is 9.80 Å². The minimum atomic E-state index is -0.400. The van der Waals surface area contributed by atoms with Gasteiger partial charge in [0.2, 0.25) is 0 Å². The molecule has 134 valence electrons. The first-order valence-corrected chi connectivity index (χ1v) is 8.45. The molecule has 0 atom stereocenters. The van der Waals surface area contributed by atoms with E-state index < -0.39 is 4.92 Å². The van der Waals surface area contributed by atoms with Crippen molar-refractivity contribution in [3.05, 3.63) is 52.5 Å². The lowest BCUT2D eigenvalue weighted by Gasteiger charge is -2.33. The monoisotopic (exact) mass is 353 g/mol. The van der Waals surface area contributed by atoms with Gasteiger partial charge >= 0.3 is 0 Å². The largest absolute Gasteiger partial charge is 0.353 e. The van der Waals surface area contributed by atoms with Crippen molar-refractivity contribution in [2.75, 3.05) is 38.1 Å². The molecule has 2 aromatic heterocycles. The summed E-state index contributed by atoms with van der Waals surface area (Å²) in [4.78, 5) is 23.8. The Kier molecular flexibility index (Phi) is 4.21. The van der Waals surface area contributed by atoms with Gasteiger partial charge in [0.25, 0.3) is 5.69 Å². The number of hydrogen-bond donors (Lipinski definition) is 0. The molecular formula is C17H19N7O2. The zero-order valence-electron chi connectivity index (χ0n) is 14.4. The fourth-order valence-corrected chi connectivity index (χ4v) is 3.16. The zero-order chi connectivity index (χ0) is 18.1. The van der Waals surface area contributed by atoms with Gasteiger partial charge in [-0.1, -0.05) is 12.1 Å². The van der Waals surface area contributed by atoms with Crippen molar-refractivity contribution in [3.8, 4) is 0 Å². The molecule has 0 N–H and O–H groups in total. The van der Waals surface area contributed by atoms with Crippen LogP contribution in [0.15, 0.2) is 36.8 Å². The summed E-state index contributed by atoms with van der Waals surface area (Å²) in [7, 11) is 2.12. The average molecular weight is 353 g/mol. The number of nitrogens with zero attached hydrogens (tertiary/aromatic N) is 7. The highest BCUT2D eigenvalue weighted by Gasteiger charge is 2.19. The van der Waals surface area contributed by atoms with Crippen LogP contribution in [0.4, 0.5) is 11.5 Å². The number of aromatic nitrogens is 4. The quantitative estimate of drug-likeness (QED) is 0.519. The topological polar surface area (TPSA) is 93.2 Å². The summed E-state index contributed by atoms with van der Waals surface area (Å²) in [5.41, 5.74) is 1.78. The van der Waals surface area contributed by atoms with Crippen LogP contribution in [-0.4, -0.2) is 62.8 Å². The summed E-state index contributed by atoms with van der Waals surface area (Å²) >= 11 is 0. The van der Waals surface area contributed by atoms with Gasteiger partial charge in [0.15, 0.2) is 5.65 Å². The number of likely N-dealkylation sites (N-methyl/N-ethyl adjacent to an activating group) is 1. The number of rotatable bonds is 4. The molecule has 1 aromatic carbocycles. The zero-order valence-corrected chi connectivity index (χ0v) is 14.4. The van der Waals surface area contributed by atoms with Crippen molar-refractivity contribution in [3.63, 3.8) is 0 Å². The van der Waals surface area contributed by atoms with E-state index in [1.165, 1.54) is 12.1 Å². The van der Waals surface area contributed by atoms with Crippen molar-refractivity contribution in [1.82, 2.24) is 24.6 Å². The average Bonchev–Trinajstić information content (AvgIpc) is 3.06. The number of benzene rings is 1. The molecule has 1 saturated heterocycles. The first kappa shape index (κ1) is 16.4. The predicted molar refractivity (Wildman–Crippen MR) is 97.2 cm³/mol. The Bertz CT molecular complexity index is 930. The smallest absolute Gasteiger partial charge is 0.269 e. The van der Waals surface area contributed by atoms with E-state index in [9.17, 15) is 10.1 Å². The van der Waals surface area contributed by atoms with Crippen LogP contribution in [0, 0.1) is 10.1 Å². The molecule has 3 aromatic rings. The minimum Gasteiger partial charge on any atom is -0.353 e. The van der Waals surface area contributed by atoms with Crippen molar-refractivity contribution < 1.29 is 4.92 Å². The second-order valence-corrected chi connectivity index (χ2v) is 6.45. The lowest BCUT2D eigenvalue weighted by Crippen LogP contribution is -2.44. The number of nitro benzene ring substituents is 1. The molecule has 0 unspecified atom stereocenters. The van der Waals surface area contributed by atoms with Gasteiger partial charge in [0.1, 0.15) is 12.1 Å². The lowest BCUT2D eigenvalue weighted by atomic mass is 10.2. The highest BCUT2D eigenvalue weighted by molar-refractivity contribution is 5.86. The minimum absolute atomic E-state index is 0.0822. The molecule has 26 heavy (non-hydrogen) atoms. The molecule has 1 fully saturated rings. The number of piperazine rings is 1. The molecule has 4 rings (SSSR count). The molecule has 9 heteroatoms. The van der Waals surface area contributed by atoms with Gasteiger partial charge in [-0.2, -0.15) is 5.10 Å². The maximum Gasteiger partial charge on any atom is 0.269 e. The standard InChI is InChI=1S/C17H19N7O2/c1-21-6-8-22(9-7-21)16-15-10-20-23(17(15)19-12-18-16)11-13-2-4-14(5-3-13)24(25)26/h2-5,10,12H,6-9,11H2,1H3. The number of non-ortho nitro benzene ring substituents is 1. The first-order chi connectivity index (χ1) is 12.6. The Morgan fingerprint density at radius 2 is 1.85 bits per heavy atom. The predicted octanol–water partition coefficient (Wildman–Crippen LogP) is 1.53. The summed E-state index contributed by atoms with van der Waals surface area (Å²) in [6, 6.07) is 6.50. The maximum absolute atomic E-state index is 10.8. The van der Waals surface area contributed by atoms with E-state index in [0.717, 1.165) is 48.6 Å². The summed E-state index contributed by atoms with van der Waals surface area (Å²) < 4.78 is 1.80. The number of nitro groups is 1. The van der Waals surface area contributed by atoms with Crippen molar-refractivity contribution in [1.29, 1.82) is 0 Å². The van der Waals surface area contributed by atoms with E-state index in [2.05, 4.69) is 31.9 Å². The molecule has 1 aliphatic rings. The van der Waals surface area contributed by atoms with E-state index in [1.54, 1.807) is 29.3 Å². The van der Waals surface area contributed by atoms with E-state index in [4.69, 9.17) is 0 Å². The number of hydrogen-bond acceptors (Lipinski definition) is 7. The maximum atomic E-state index is 10.8. The van der Waals surface area contributed by atoms with Crippen LogP contribution in [0.5, 0.6) is 0 Å². The Hall–Kier alpha value is -3.07. The fourth-order valence-electron chi connectivity index (χ4n) is 3.16. The summed E-state index contributed by atoms with van der Waals surface area (Å²) in [6.45, 7) is 4.36. The number of fused-ring (bicyclic) bond motifs is 1. The van der Waals surface area contributed by atoms with E-state index >= 15 is 0 Å². The van der Waals surface area contributed by atoms with Crippen LogP contribution in [0.1, 0.15) is 5.56 Å². The van der Waals surface area contributed by atoms with E-state index in [1.807, 2.05) is 0 Å². The Balaban J connectivity index is 1.61. The van der Waals surface area contributed by atoms with E-state index in [-0.39, 0.29) is 5.69 Å². The number of anilines is 1. The van der Waals surface area contributed by atoms with Crippen LogP contribution in [0.3, 0.4) is 0 Å². The van der Waals surface area contributed by atoms with Gasteiger partial charge in [0.05, 0.1) is 23.1 Å². The molecule has 0 radical (unpaired) electrons. The Labute approximate surface area is 150 Å². The molecule has 0 saturated carbocycles. The van der Waals surface area contributed by atoms with Crippen LogP contribution in [-0.2, 0) is 6.54 Å². The highest BCUT2D eigenvalue weighted by atomic mass is 16.6. The van der Waals surface area contributed by atoms with Gasteiger partial charge in [-0.3, -0.25) is 10.1 Å². The third kappa shape index (κ3) is 3.08. The molecule has 0 amide bonds. The fraction of sp³-hybridized carbons (Fsp3) is 0.353. The molecule has 0 spiro atoms. The van der Waals surface area contributed by atoms with Crippen LogP contribution >= 0.6 is 0 Å². The van der Waals surface area contributed by atoms with Crippen LogP contribution < -0.4 is 4.90 Å².